The topological polar surface area (TPSA) is 39.7 Å². The third-order valence-electron chi connectivity index (χ3n) is 3.95. The normalized spacial score (nSPS) is 18.2. The fourth-order valence-corrected chi connectivity index (χ4v) is 2.50. The molecule has 0 aromatic rings. The SMILES string of the molecule is CCCCNC(=NCCCN1CCC(C)CC1)NCC. The van der Waals surface area contributed by atoms with Crippen LogP contribution in [0, 0.1) is 5.92 Å². The van der Waals surface area contributed by atoms with Crippen LogP contribution in [0.4, 0.5) is 0 Å². The molecule has 1 aliphatic rings. The van der Waals surface area contributed by atoms with Gasteiger partial charge >= 0.3 is 0 Å². The lowest BCUT2D eigenvalue weighted by Gasteiger charge is -2.29. The highest BCUT2D eigenvalue weighted by atomic mass is 15.2. The second kappa shape index (κ2) is 11.0. The molecule has 0 aromatic heterocycles. The van der Waals surface area contributed by atoms with Gasteiger partial charge in [0.25, 0.3) is 0 Å². The van der Waals surface area contributed by atoms with Gasteiger partial charge in [-0.1, -0.05) is 20.3 Å². The zero-order valence-electron chi connectivity index (χ0n) is 13.7. The Morgan fingerprint density at radius 1 is 1.15 bits per heavy atom. The Kier molecular flexibility index (Phi) is 9.46. The van der Waals surface area contributed by atoms with Gasteiger partial charge in [-0.05, 0) is 58.2 Å². The van der Waals surface area contributed by atoms with Gasteiger partial charge in [0, 0.05) is 19.6 Å². The molecule has 0 bridgehead atoms. The molecule has 2 N–H and O–H groups in total. The number of nitrogens with zero attached hydrogens (tertiary/aromatic N) is 2. The van der Waals surface area contributed by atoms with E-state index in [1.54, 1.807) is 0 Å². The van der Waals surface area contributed by atoms with E-state index in [1.807, 2.05) is 0 Å². The van der Waals surface area contributed by atoms with Crippen molar-refractivity contribution < 1.29 is 0 Å². The summed E-state index contributed by atoms with van der Waals surface area (Å²) < 4.78 is 0. The van der Waals surface area contributed by atoms with E-state index in [-0.39, 0.29) is 0 Å². The lowest BCUT2D eigenvalue weighted by molar-refractivity contribution is 0.192. The molecule has 0 aliphatic carbocycles. The Morgan fingerprint density at radius 2 is 1.90 bits per heavy atom. The summed E-state index contributed by atoms with van der Waals surface area (Å²) >= 11 is 0. The minimum atomic E-state index is 0.924. The van der Waals surface area contributed by atoms with Crippen LogP contribution in [0.15, 0.2) is 4.99 Å². The van der Waals surface area contributed by atoms with Crippen LogP contribution < -0.4 is 10.6 Å². The fourth-order valence-electron chi connectivity index (χ4n) is 2.50. The van der Waals surface area contributed by atoms with E-state index in [4.69, 9.17) is 0 Å². The molecule has 0 aromatic carbocycles. The molecule has 0 radical (unpaired) electrons. The first-order valence-corrected chi connectivity index (χ1v) is 8.50. The van der Waals surface area contributed by atoms with Gasteiger partial charge in [0.15, 0.2) is 5.96 Å². The van der Waals surface area contributed by atoms with Gasteiger partial charge in [0.2, 0.25) is 0 Å². The van der Waals surface area contributed by atoms with Crippen molar-refractivity contribution >= 4 is 5.96 Å². The summed E-state index contributed by atoms with van der Waals surface area (Å²) in [5, 5.41) is 6.70. The lowest BCUT2D eigenvalue weighted by atomic mass is 9.99. The van der Waals surface area contributed by atoms with E-state index < -0.39 is 0 Å². The zero-order valence-corrected chi connectivity index (χ0v) is 13.7. The summed E-state index contributed by atoms with van der Waals surface area (Å²) in [5.74, 6) is 1.90. The zero-order chi connectivity index (χ0) is 14.6. The second-order valence-corrected chi connectivity index (χ2v) is 5.92. The number of hydrogen-bond acceptors (Lipinski definition) is 2. The van der Waals surface area contributed by atoms with Gasteiger partial charge in [-0.2, -0.15) is 0 Å². The summed E-state index contributed by atoms with van der Waals surface area (Å²) in [4.78, 5) is 7.24. The second-order valence-electron chi connectivity index (χ2n) is 5.92. The van der Waals surface area contributed by atoms with Gasteiger partial charge in [0.1, 0.15) is 0 Å². The molecule has 1 aliphatic heterocycles. The van der Waals surface area contributed by atoms with Crippen LogP contribution in [-0.4, -0.2) is 50.1 Å². The molecule has 0 atom stereocenters. The smallest absolute Gasteiger partial charge is 0.191 e. The van der Waals surface area contributed by atoms with Crippen LogP contribution in [0.25, 0.3) is 0 Å². The van der Waals surface area contributed by atoms with Crippen molar-refractivity contribution in [1.82, 2.24) is 15.5 Å². The number of hydrogen-bond donors (Lipinski definition) is 2. The minimum absolute atomic E-state index is 0.924. The molecule has 0 amide bonds. The van der Waals surface area contributed by atoms with Crippen LogP contribution in [0.3, 0.4) is 0 Å². The van der Waals surface area contributed by atoms with Crippen LogP contribution in [0.2, 0.25) is 0 Å². The molecular formula is C16H34N4. The highest BCUT2D eigenvalue weighted by Crippen LogP contribution is 2.15. The monoisotopic (exact) mass is 282 g/mol. The summed E-state index contributed by atoms with van der Waals surface area (Å²) in [6, 6.07) is 0. The van der Waals surface area contributed by atoms with Crippen molar-refractivity contribution in [3.05, 3.63) is 0 Å². The van der Waals surface area contributed by atoms with Gasteiger partial charge in [-0.3, -0.25) is 4.99 Å². The Labute approximate surface area is 125 Å². The average Bonchev–Trinajstić information content (AvgIpc) is 2.45. The van der Waals surface area contributed by atoms with Crippen LogP contribution >= 0.6 is 0 Å². The molecule has 1 rings (SSSR count). The maximum absolute atomic E-state index is 4.65. The number of guanidine groups is 1. The molecule has 1 saturated heterocycles. The number of rotatable bonds is 8. The third kappa shape index (κ3) is 7.73. The Bertz CT molecular complexity index is 257. The first-order chi connectivity index (χ1) is 9.76. The fraction of sp³-hybridized carbons (Fsp3) is 0.938. The predicted molar refractivity (Wildman–Crippen MR) is 88.3 cm³/mol. The van der Waals surface area contributed by atoms with E-state index in [9.17, 15) is 0 Å². The molecule has 4 nitrogen and oxygen atoms in total. The summed E-state index contributed by atoms with van der Waals surface area (Å²) in [5.41, 5.74) is 0. The quantitative estimate of drug-likeness (QED) is 0.408. The van der Waals surface area contributed by atoms with Crippen LogP contribution in [0.5, 0.6) is 0 Å². The molecular weight excluding hydrogens is 248 g/mol. The van der Waals surface area contributed by atoms with Gasteiger partial charge in [0.05, 0.1) is 0 Å². The summed E-state index contributed by atoms with van der Waals surface area (Å²) in [6.07, 6.45) is 6.32. The highest BCUT2D eigenvalue weighted by molar-refractivity contribution is 5.79. The van der Waals surface area contributed by atoms with Crippen molar-refractivity contribution in [2.24, 2.45) is 10.9 Å². The van der Waals surface area contributed by atoms with E-state index in [1.165, 1.54) is 51.7 Å². The molecule has 1 fully saturated rings. The van der Waals surface area contributed by atoms with E-state index in [0.29, 0.717) is 0 Å². The number of aliphatic imine (C=N–C) groups is 1. The van der Waals surface area contributed by atoms with E-state index in [0.717, 1.165) is 31.5 Å². The predicted octanol–water partition coefficient (Wildman–Crippen LogP) is 2.46. The largest absolute Gasteiger partial charge is 0.357 e. The first kappa shape index (κ1) is 17.3. The lowest BCUT2D eigenvalue weighted by Crippen LogP contribution is -2.38. The van der Waals surface area contributed by atoms with Crippen LogP contribution in [0.1, 0.15) is 52.9 Å². The maximum Gasteiger partial charge on any atom is 0.191 e. The number of piperidine rings is 1. The Morgan fingerprint density at radius 3 is 2.55 bits per heavy atom. The van der Waals surface area contributed by atoms with Crippen molar-refractivity contribution in [2.75, 3.05) is 39.3 Å². The van der Waals surface area contributed by atoms with Crippen LogP contribution in [-0.2, 0) is 0 Å². The maximum atomic E-state index is 4.65. The standard InChI is InChI=1S/C16H34N4/c1-4-6-10-18-16(17-5-2)19-11-7-12-20-13-8-15(3)9-14-20/h15H,4-14H2,1-3H3,(H2,17,18,19). The summed E-state index contributed by atoms with van der Waals surface area (Å²) in [7, 11) is 0. The number of nitrogens with one attached hydrogen (secondary N) is 2. The molecule has 0 spiro atoms. The van der Waals surface area contributed by atoms with Gasteiger partial charge in [-0.25, -0.2) is 0 Å². The first-order valence-electron chi connectivity index (χ1n) is 8.50. The van der Waals surface area contributed by atoms with E-state index >= 15 is 0 Å². The number of unbranched alkanes of at least 4 members (excludes halogenated alkanes) is 1. The Balaban J connectivity index is 2.15. The van der Waals surface area contributed by atoms with Crippen molar-refractivity contribution in [1.29, 1.82) is 0 Å². The van der Waals surface area contributed by atoms with E-state index in [2.05, 4.69) is 41.3 Å². The minimum Gasteiger partial charge on any atom is -0.357 e. The van der Waals surface area contributed by atoms with Gasteiger partial charge in [-0.15, -0.1) is 0 Å². The highest BCUT2D eigenvalue weighted by Gasteiger charge is 2.14. The van der Waals surface area contributed by atoms with Crippen molar-refractivity contribution in [3.8, 4) is 0 Å². The Hall–Kier alpha value is -0.770. The van der Waals surface area contributed by atoms with Crippen molar-refractivity contribution in [2.45, 2.75) is 52.9 Å². The molecule has 1 heterocycles. The molecule has 0 unspecified atom stereocenters. The average molecular weight is 282 g/mol. The molecule has 4 heteroatoms. The van der Waals surface area contributed by atoms with Crippen molar-refractivity contribution in [3.63, 3.8) is 0 Å². The summed E-state index contributed by atoms with van der Waals surface area (Å²) in [6.45, 7) is 13.3. The molecule has 118 valence electrons. The molecule has 20 heavy (non-hydrogen) atoms. The third-order valence-corrected chi connectivity index (χ3v) is 3.95. The van der Waals surface area contributed by atoms with Gasteiger partial charge < -0.3 is 15.5 Å². The molecule has 0 saturated carbocycles. The number of likely N-dealkylation sites (tertiary alicyclic amines) is 1.